The summed E-state index contributed by atoms with van der Waals surface area (Å²) < 4.78 is 0. The van der Waals surface area contributed by atoms with Gasteiger partial charge < -0.3 is 11.1 Å². The van der Waals surface area contributed by atoms with Gasteiger partial charge in [-0.2, -0.15) is 0 Å². The highest BCUT2D eigenvalue weighted by Crippen LogP contribution is 2.27. The summed E-state index contributed by atoms with van der Waals surface area (Å²) in [7, 11) is 0. The second kappa shape index (κ2) is 7.14. The molecule has 0 spiro atoms. The number of anilines is 2. The molecule has 1 saturated carbocycles. The van der Waals surface area contributed by atoms with Gasteiger partial charge in [0.05, 0.1) is 17.9 Å². The van der Waals surface area contributed by atoms with Gasteiger partial charge in [0.2, 0.25) is 5.91 Å². The molecule has 0 aliphatic heterocycles. The summed E-state index contributed by atoms with van der Waals surface area (Å²) >= 11 is 5.86. The molecular weight excluding hydrogens is 286 g/mol. The van der Waals surface area contributed by atoms with Crippen LogP contribution in [0, 0.1) is 5.92 Å². The fraction of sp³-hybridized carbons (Fsp3) is 0.562. The number of nitrogens with one attached hydrogen (secondary N) is 1. The summed E-state index contributed by atoms with van der Waals surface area (Å²) in [5.74, 6) is 0.640. The molecule has 0 saturated heterocycles. The molecule has 4 nitrogen and oxygen atoms in total. The highest BCUT2D eigenvalue weighted by Gasteiger charge is 2.30. The molecule has 2 rings (SSSR count). The molecule has 1 aliphatic carbocycles. The summed E-state index contributed by atoms with van der Waals surface area (Å²) in [4.78, 5) is 14.5. The molecule has 1 aromatic carbocycles. The minimum absolute atomic E-state index is 0.0142. The number of nitrogens with two attached hydrogens (primary N) is 1. The van der Waals surface area contributed by atoms with Crippen LogP contribution in [0.2, 0.25) is 5.02 Å². The first kappa shape index (κ1) is 16.1. The van der Waals surface area contributed by atoms with E-state index in [9.17, 15) is 4.79 Å². The van der Waals surface area contributed by atoms with Crippen LogP contribution in [-0.4, -0.2) is 29.9 Å². The highest BCUT2D eigenvalue weighted by atomic mass is 35.5. The van der Waals surface area contributed by atoms with E-state index in [4.69, 9.17) is 17.3 Å². The average molecular weight is 310 g/mol. The minimum Gasteiger partial charge on any atom is -0.397 e. The lowest BCUT2D eigenvalue weighted by Crippen LogP contribution is -2.36. The first-order valence-electron chi connectivity index (χ1n) is 7.54. The molecule has 116 valence electrons. The zero-order valence-electron chi connectivity index (χ0n) is 12.7. The van der Waals surface area contributed by atoms with Crippen LogP contribution in [0.15, 0.2) is 18.2 Å². The van der Waals surface area contributed by atoms with Gasteiger partial charge in [-0.3, -0.25) is 9.69 Å². The predicted molar refractivity (Wildman–Crippen MR) is 88.5 cm³/mol. The van der Waals surface area contributed by atoms with Crippen molar-refractivity contribution in [3.8, 4) is 0 Å². The molecule has 1 amide bonds. The van der Waals surface area contributed by atoms with E-state index >= 15 is 0 Å². The molecule has 1 aromatic rings. The summed E-state index contributed by atoms with van der Waals surface area (Å²) in [5.41, 5.74) is 6.98. The second-order valence-corrected chi connectivity index (χ2v) is 6.60. The first-order valence-corrected chi connectivity index (χ1v) is 7.92. The zero-order valence-corrected chi connectivity index (χ0v) is 13.5. The van der Waals surface area contributed by atoms with E-state index in [0.29, 0.717) is 34.9 Å². The maximum absolute atomic E-state index is 12.2. The van der Waals surface area contributed by atoms with Gasteiger partial charge >= 0.3 is 0 Å². The predicted octanol–water partition coefficient (Wildman–Crippen LogP) is 3.37. The van der Waals surface area contributed by atoms with E-state index in [1.54, 1.807) is 18.2 Å². The van der Waals surface area contributed by atoms with Crippen molar-refractivity contribution in [2.45, 2.75) is 39.2 Å². The standard InChI is InChI=1S/C16H24ClN3O/c1-11(2)7-8-20(13-4-5-13)10-16(21)19-15-6-3-12(17)9-14(15)18/h3,6,9,11,13H,4-5,7-8,10,18H2,1-2H3,(H,19,21). The molecule has 0 unspecified atom stereocenters. The molecule has 21 heavy (non-hydrogen) atoms. The SMILES string of the molecule is CC(C)CCN(CC(=O)Nc1ccc(Cl)cc1N)C1CC1. The van der Waals surface area contributed by atoms with Crippen LogP contribution in [0.3, 0.4) is 0 Å². The third-order valence-electron chi connectivity index (χ3n) is 3.69. The van der Waals surface area contributed by atoms with Gasteiger partial charge in [-0.15, -0.1) is 0 Å². The number of rotatable bonds is 7. The molecule has 0 atom stereocenters. The number of hydrogen-bond donors (Lipinski definition) is 2. The Morgan fingerprint density at radius 3 is 2.76 bits per heavy atom. The number of nitrogen functional groups attached to an aromatic ring is 1. The molecule has 0 heterocycles. The van der Waals surface area contributed by atoms with E-state index in [-0.39, 0.29) is 5.91 Å². The Balaban J connectivity index is 1.89. The monoisotopic (exact) mass is 309 g/mol. The van der Waals surface area contributed by atoms with Gasteiger partial charge in [-0.1, -0.05) is 25.4 Å². The van der Waals surface area contributed by atoms with E-state index in [1.165, 1.54) is 12.8 Å². The van der Waals surface area contributed by atoms with E-state index in [2.05, 4.69) is 24.1 Å². The minimum atomic E-state index is -0.0142. The van der Waals surface area contributed by atoms with Crippen molar-refractivity contribution < 1.29 is 4.79 Å². The fourth-order valence-electron chi connectivity index (χ4n) is 2.28. The largest absolute Gasteiger partial charge is 0.397 e. The number of halogens is 1. The first-order chi connectivity index (χ1) is 9.95. The number of nitrogens with zero attached hydrogens (tertiary/aromatic N) is 1. The van der Waals surface area contributed by atoms with Crippen LogP contribution in [0.4, 0.5) is 11.4 Å². The lowest BCUT2D eigenvalue weighted by atomic mass is 10.1. The zero-order chi connectivity index (χ0) is 15.4. The molecule has 5 heteroatoms. The van der Waals surface area contributed by atoms with Crippen LogP contribution in [0.1, 0.15) is 33.1 Å². The number of carbonyl (C=O) groups excluding carboxylic acids is 1. The molecular formula is C16H24ClN3O. The smallest absolute Gasteiger partial charge is 0.238 e. The molecule has 1 fully saturated rings. The Bertz CT molecular complexity index is 500. The Labute approximate surface area is 131 Å². The van der Waals surface area contributed by atoms with Crippen molar-refractivity contribution in [3.05, 3.63) is 23.2 Å². The van der Waals surface area contributed by atoms with Gasteiger partial charge in [0, 0.05) is 11.1 Å². The lowest BCUT2D eigenvalue weighted by molar-refractivity contribution is -0.117. The third kappa shape index (κ3) is 5.21. The Morgan fingerprint density at radius 2 is 2.19 bits per heavy atom. The third-order valence-corrected chi connectivity index (χ3v) is 3.93. The lowest BCUT2D eigenvalue weighted by Gasteiger charge is -2.22. The Hall–Kier alpha value is -1.26. The van der Waals surface area contributed by atoms with E-state index in [0.717, 1.165) is 13.0 Å². The van der Waals surface area contributed by atoms with Crippen molar-refractivity contribution in [1.29, 1.82) is 0 Å². The van der Waals surface area contributed by atoms with Gasteiger partial charge in [0.25, 0.3) is 0 Å². The van der Waals surface area contributed by atoms with E-state index < -0.39 is 0 Å². The summed E-state index contributed by atoms with van der Waals surface area (Å²) in [6.07, 6.45) is 3.52. The maximum Gasteiger partial charge on any atom is 0.238 e. The number of amides is 1. The number of carbonyl (C=O) groups is 1. The summed E-state index contributed by atoms with van der Waals surface area (Å²) in [6, 6.07) is 5.70. The molecule has 0 radical (unpaired) electrons. The Kier molecular flexibility index (Phi) is 5.48. The molecule has 0 aromatic heterocycles. The average Bonchev–Trinajstić information content (AvgIpc) is 3.22. The van der Waals surface area contributed by atoms with Crippen LogP contribution in [0.5, 0.6) is 0 Å². The normalized spacial score (nSPS) is 14.7. The topological polar surface area (TPSA) is 58.4 Å². The van der Waals surface area contributed by atoms with Gasteiger partial charge in [0.1, 0.15) is 0 Å². The van der Waals surface area contributed by atoms with Crippen molar-refractivity contribution in [1.82, 2.24) is 4.90 Å². The number of hydrogen-bond acceptors (Lipinski definition) is 3. The maximum atomic E-state index is 12.2. The van der Waals surface area contributed by atoms with Crippen molar-refractivity contribution in [2.75, 3.05) is 24.1 Å². The van der Waals surface area contributed by atoms with Crippen LogP contribution in [0.25, 0.3) is 0 Å². The van der Waals surface area contributed by atoms with Crippen LogP contribution >= 0.6 is 11.6 Å². The van der Waals surface area contributed by atoms with Gasteiger partial charge in [0.15, 0.2) is 0 Å². The Morgan fingerprint density at radius 1 is 1.48 bits per heavy atom. The van der Waals surface area contributed by atoms with E-state index in [1.807, 2.05) is 0 Å². The van der Waals surface area contributed by atoms with Crippen LogP contribution < -0.4 is 11.1 Å². The number of benzene rings is 1. The molecule has 1 aliphatic rings. The van der Waals surface area contributed by atoms with Crippen molar-refractivity contribution >= 4 is 28.9 Å². The van der Waals surface area contributed by atoms with Crippen LogP contribution in [-0.2, 0) is 4.79 Å². The molecule has 3 N–H and O–H groups in total. The second-order valence-electron chi connectivity index (χ2n) is 6.16. The fourth-order valence-corrected chi connectivity index (χ4v) is 2.46. The van der Waals surface area contributed by atoms with Crippen molar-refractivity contribution in [2.24, 2.45) is 5.92 Å². The summed E-state index contributed by atoms with van der Waals surface area (Å²) in [6.45, 7) is 5.82. The quantitative estimate of drug-likeness (QED) is 0.759. The van der Waals surface area contributed by atoms with Gasteiger partial charge in [-0.25, -0.2) is 0 Å². The highest BCUT2D eigenvalue weighted by molar-refractivity contribution is 6.31. The molecule has 0 bridgehead atoms. The summed E-state index contributed by atoms with van der Waals surface area (Å²) in [5, 5.41) is 3.45. The van der Waals surface area contributed by atoms with Crippen molar-refractivity contribution in [3.63, 3.8) is 0 Å². The van der Waals surface area contributed by atoms with Gasteiger partial charge in [-0.05, 0) is 49.9 Å².